The van der Waals surface area contributed by atoms with Crippen LogP contribution in [0.3, 0.4) is 0 Å². The van der Waals surface area contributed by atoms with E-state index in [4.69, 9.17) is 4.42 Å². The first kappa shape index (κ1) is 12.4. The van der Waals surface area contributed by atoms with Crippen molar-refractivity contribution >= 4 is 22.7 Å². The van der Waals surface area contributed by atoms with Crippen LogP contribution in [0.2, 0.25) is 0 Å². The maximum atomic E-state index is 11.4. The van der Waals surface area contributed by atoms with Gasteiger partial charge in [0.2, 0.25) is 11.8 Å². The number of rotatable bonds is 3. The van der Waals surface area contributed by atoms with E-state index in [9.17, 15) is 4.79 Å². The summed E-state index contributed by atoms with van der Waals surface area (Å²) in [6.45, 7) is 1.82. The van der Waals surface area contributed by atoms with Crippen LogP contribution in [0.5, 0.6) is 0 Å². The third-order valence-electron chi connectivity index (χ3n) is 3.01. The molecule has 1 N–H and O–H groups in total. The molecule has 0 bridgehead atoms. The maximum absolute atomic E-state index is 11.4. The Morgan fingerprint density at radius 1 is 1.20 bits per heavy atom. The maximum Gasteiger partial charge on any atom is 0.227 e. The molecule has 0 aliphatic rings. The average Bonchev–Trinajstić information content (AvgIpc) is 2.91. The highest BCUT2D eigenvalue weighted by Crippen LogP contribution is 2.26. The number of oxazole rings is 1. The monoisotopic (exact) mass is 266 g/mol. The minimum absolute atomic E-state index is 0.0212. The summed E-state index contributed by atoms with van der Waals surface area (Å²) in [6, 6.07) is 15.2. The Hall–Kier alpha value is -2.62. The lowest BCUT2D eigenvalue weighted by Gasteiger charge is -2.01. The number of benzene rings is 2. The van der Waals surface area contributed by atoms with Crippen molar-refractivity contribution < 1.29 is 9.21 Å². The van der Waals surface area contributed by atoms with Crippen LogP contribution in [0, 0.1) is 0 Å². The molecule has 4 nitrogen and oxygen atoms in total. The van der Waals surface area contributed by atoms with Gasteiger partial charge >= 0.3 is 0 Å². The minimum atomic E-state index is -0.0212. The molecule has 2 aromatic carbocycles. The number of nitrogens with zero attached hydrogens (tertiary/aromatic N) is 1. The van der Waals surface area contributed by atoms with Gasteiger partial charge in [0.15, 0.2) is 5.58 Å². The van der Waals surface area contributed by atoms with Crippen LogP contribution in [0.25, 0.3) is 22.6 Å². The third kappa shape index (κ3) is 2.40. The molecule has 0 aliphatic carbocycles. The molecule has 1 heterocycles. The molecule has 3 aromatic rings. The molecular weight excluding hydrogens is 252 g/mol. The molecule has 20 heavy (non-hydrogen) atoms. The van der Waals surface area contributed by atoms with E-state index in [0.717, 1.165) is 16.8 Å². The number of carbonyl (C=O) groups is 1. The Balaban J connectivity index is 1.97. The van der Waals surface area contributed by atoms with Crippen LogP contribution in [0.1, 0.15) is 13.3 Å². The van der Waals surface area contributed by atoms with Crippen LogP contribution >= 0.6 is 0 Å². The van der Waals surface area contributed by atoms with Gasteiger partial charge in [0, 0.05) is 23.7 Å². The van der Waals surface area contributed by atoms with Crippen molar-refractivity contribution in [1.82, 2.24) is 4.98 Å². The summed E-state index contributed by atoms with van der Waals surface area (Å²) in [7, 11) is 0. The average molecular weight is 266 g/mol. The minimum Gasteiger partial charge on any atom is -0.436 e. The first-order valence-electron chi connectivity index (χ1n) is 6.52. The predicted octanol–water partition coefficient (Wildman–Crippen LogP) is 3.84. The summed E-state index contributed by atoms with van der Waals surface area (Å²) in [5.74, 6) is 0.562. The van der Waals surface area contributed by atoms with Gasteiger partial charge in [-0.15, -0.1) is 0 Å². The largest absolute Gasteiger partial charge is 0.436 e. The van der Waals surface area contributed by atoms with Crippen LogP contribution in [0.15, 0.2) is 52.9 Å². The fourth-order valence-electron chi connectivity index (χ4n) is 1.96. The van der Waals surface area contributed by atoms with Crippen molar-refractivity contribution in [3.05, 3.63) is 48.5 Å². The van der Waals surface area contributed by atoms with E-state index in [2.05, 4.69) is 10.3 Å². The van der Waals surface area contributed by atoms with E-state index in [0.29, 0.717) is 17.9 Å². The standard InChI is InChI=1S/C16H14N2O2/c1-2-15(19)17-12-8-9-13-14(10-12)20-16(18-13)11-6-4-3-5-7-11/h3-10H,2H2,1H3,(H,17,19). The predicted molar refractivity (Wildman–Crippen MR) is 78.4 cm³/mol. The van der Waals surface area contributed by atoms with Crippen LogP contribution in [-0.4, -0.2) is 10.9 Å². The fraction of sp³-hybridized carbons (Fsp3) is 0.125. The molecule has 0 unspecified atom stereocenters. The van der Waals surface area contributed by atoms with E-state index < -0.39 is 0 Å². The first-order chi connectivity index (χ1) is 9.76. The van der Waals surface area contributed by atoms with Gasteiger partial charge in [0.25, 0.3) is 0 Å². The van der Waals surface area contributed by atoms with Gasteiger partial charge in [-0.3, -0.25) is 4.79 Å². The quantitative estimate of drug-likeness (QED) is 0.783. The second kappa shape index (κ2) is 5.17. The van der Waals surface area contributed by atoms with Gasteiger partial charge in [-0.25, -0.2) is 4.98 Å². The molecule has 0 fully saturated rings. The second-order valence-electron chi connectivity index (χ2n) is 4.47. The molecule has 1 aromatic heterocycles. The molecule has 100 valence electrons. The van der Waals surface area contributed by atoms with Crippen LogP contribution in [-0.2, 0) is 4.79 Å². The van der Waals surface area contributed by atoms with Crippen LogP contribution < -0.4 is 5.32 Å². The van der Waals surface area contributed by atoms with E-state index in [1.54, 1.807) is 6.07 Å². The second-order valence-corrected chi connectivity index (χ2v) is 4.47. The highest BCUT2D eigenvalue weighted by Gasteiger charge is 2.09. The molecule has 0 atom stereocenters. The molecule has 0 radical (unpaired) electrons. The van der Waals surface area contributed by atoms with E-state index in [1.807, 2.05) is 49.4 Å². The molecule has 1 amide bonds. The van der Waals surface area contributed by atoms with Gasteiger partial charge in [0.1, 0.15) is 5.52 Å². The zero-order valence-corrected chi connectivity index (χ0v) is 11.1. The fourth-order valence-corrected chi connectivity index (χ4v) is 1.96. The molecule has 3 rings (SSSR count). The van der Waals surface area contributed by atoms with Gasteiger partial charge in [-0.05, 0) is 24.3 Å². The lowest BCUT2D eigenvalue weighted by Crippen LogP contribution is -2.08. The number of hydrogen-bond donors (Lipinski definition) is 1. The number of anilines is 1. The molecular formula is C16H14N2O2. The Bertz CT molecular complexity index is 748. The summed E-state index contributed by atoms with van der Waals surface area (Å²) in [5.41, 5.74) is 3.10. The zero-order valence-electron chi connectivity index (χ0n) is 11.1. The SMILES string of the molecule is CCC(=O)Nc1ccc2nc(-c3ccccc3)oc2c1. The molecule has 0 saturated heterocycles. The van der Waals surface area contributed by atoms with Crippen molar-refractivity contribution in [3.63, 3.8) is 0 Å². The Morgan fingerprint density at radius 2 is 2.00 bits per heavy atom. The van der Waals surface area contributed by atoms with Crippen molar-refractivity contribution in [2.45, 2.75) is 13.3 Å². The van der Waals surface area contributed by atoms with Crippen molar-refractivity contribution in [1.29, 1.82) is 0 Å². The lowest BCUT2D eigenvalue weighted by molar-refractivity contribution is -0.115. The molecule has 0 spiro atoms. The lowest BCUT2D eigenvalue weighted by atomic mass is 10.2. The van der Waals surface area contributed by atoms with Crippen LogP contribution in [0.4, 0.5) is 5.69 Å². The van der Waals surface area contributed by atoms with Gasteiger partial charge in [-0.2, -0.15) is 0 Å². The van der Waals surface area contributed by atoms with Gasteiger partial charge < -0.3 is 9.73 Å². The number of fused-ring (bicyclic) bond motifs is 1. The number of nitrogens with one attached hydrogen (secondary N) is 1. The Morgan fingerprint density at radius 3 is 2.75 bits per heavy atom. The van der Waals surface area contributed by atoms with Gasteiger partial charge in [0.05, 0.1) is 0 Å². The number of amides is 1. The summed E-state index contributed by atoms with van der Waals surface area (Å²) in [5, 5.41) is 2.81. The highest BCUT2D eigenvalue weighted by molar-refractivity contribution is 5.92. The Labute approximate surface area is 116 Å². The molecule has 4 heteroatoms. The number of hydrogen-bond acceptors (Lipinski definition) is 3. The first-order valence-corrected chi connectivity index (χ1v) is 6.52. The summed E-state index contributed by atoms with van der Waals surface area (Å²) < 4.78 is 5.75. The topological polar surface area (TPSA) is 55.1 Å². The number of carbonyl (C=O) groups excluding carboxylic acids is 1. The summed E-state index contributed by atoms with van der Waals surface area (Å²) in [6.07, 6.45) is 0.448. The normalized spacial score (nSPS) is 10.7. The number of aromatic nitrogens is 1. The third-order valence-corrected chi connectivity index (χ3v) is 3.01. The highest BCUT2D eigenvalue weighted by atomic mass is 16.3. The van der Waals surface area contributed by atoms with E-state index in [1.165, 1.54) is 0 Å². The van der Waals surface area contributed by atoms with Crippen molar-refractivity contribution in [2.75, 3.05) is 5.32 Å². The zero-order chi connectivity index (χ0) is 13.9. The van der Waals surface area contributed by atoms with Crippen molar-refractivity contribution in [2.24, 2.45) is 0 Å². The molecule has 0 aliphatic heterocycles. The summed E-state index contributed by atoms with van der Waals surface area (Å²) in [4.78, 5) is 15.8. The van der Waals surface area contributed by atoms with E-state index >= 15 is 0 Å². The summed E-state index contributed by atoms with van der Waals surface area (Å²) >= 11 is 0. The van der Waals surface area contributed by atoms with Crippen molar-refractivity contribution in [3.8, 4) is 11.5 Å². The van der Waals surface area contributed by atoms with Gasteiger partial charge in [-0.1, -0.05) is 25.1 Å². The molecule has 0 saturated carbocycles. The Kier molecular flexibility index (Phi) is 3.21. The smallest absolute Gasteiger partial charge is 0.227 e. The van der Waals surface area contributed by atoms with E-state index in [-0.39, 0.29) is 5.91 Å².